The summed E-state index contributed by atoms with van der Waals surface area (Å²) in [6, 6.07) is 0. The monoisotopic (exact) mass is 166 g/mol. The summed E-state index contributed by atoms with van der Waals surface area (Å²) >= 11 is 0. The molecule has 1 aliphatic rings. The van der Waals surface area contributed by atoms with Crippen LogP contribution in [-0.2, 0) is 0 Å². The van der Waals surface area contributed by atoms with E-state index in [1.807, 2.05) is 0 Å². The zero-order valence-corrected chi connectivity index (χ0v) is 8.02. The van der Waals surface area contributed by atoms with E-state index in [0.717, 1.165) is 36.8 Å². The van der Waals surface area contributed by atoms with Crippen LogP contribution >= 0.6 is 0 Å². The Balaban J connectivity index is 0.00000144. The van der Waals surface area contributed by atoms with Gasteiger partial charge in [0.25, 0.3) is 0 Å². The molecule has 2 heteroatoms. The minimum atomic E-state index is -0.123. The van der Waals surface area contributed by atoms with Gasteiger partial charge in [-0.2, -0.15) is 0 Å². The van der Waals surface area contributed by atoms with E-state index in [-0.39, 0.29) is 24.6 Å². The molecule has 0 spiro atoms. The molecule has 0 saturated heterocycles. The molecule has 0 saturated carbocycles. The molecule has 1 nitrogen and oxygen atoms in total. The first kappa shape index (κ1) is 12.2. The molecule has 0 aromatic heterocycles. The van der Waals surface area contributed by atoms with Crippen LogP contribution in [0.2, 0.25) is 0 Å². The minimum absolute atomic E-state index is 0. The second-order valence-electron chi connectivity index (χ2n) is 2.81. The predicted octanol–water partition coefficient (Wildman–Crippen LogP) is -1.48. The van der Waals surface area contributed by atoms with Crippen molar-refractivity contribution in [2.75, 3.05) is 0 Å². The molecule has 0 aromatic rings. The van der Waals surface area contributed by atoms with Gasteiger partial charge in [-0.3, -0.25) is 0 Å². The van der Waals surface area contributed by atoms with Gasteiger partial charge in [-0.1, -0.05) is 18.3 Å². The molecular formula is C11H11LiO. The van der Waals surface area contributed by atoms with E-state index >= 15 is 0 Å². The standard InChI is InChI=1S/C11H12O.Li/c1-3-9-7-5-6-8-10(9)11(12)4-2;/h1,12H,2,5-8H2;/q;+1/p-1. The molecular weight excluding hydrogens is 155 g/mol. The van der Waals surface area contributed by atoms with Crippen molar-refractivity contribution < 1.29 is 24.0 Å². The third kappa shape index (κ3) is 2.87. The summed E-state index contributed by atoms with van der Waals surface area (Å²) in [5.74, 6) is 2.44. The van der Waals surface area contributed by atoms with Gasteiger partial charge in [0.05, 0.1) is 0 Å². The molecule has 1 rings (SSSR count). The Kier molecular flexibility index (Phi) is 5.44. The van der Waals surface area contributed by atoms with E-state index in [9.17, 15) is 5.11 Å². The number of terminal acetylenes is 1. The van der Waals surface area contributed by atoms with Crippen molar-refractivity contribution >= 4 is 0 Å². The van der Waals surface area contributed by atoms with Crippen LogP contribution in [0.5, 0.6) is 0 Å². The molecule has 0 fully saturated rings. The summed E-state index contributed by atoms with van der Waals surface area (Å²) in [4.78, 5) is 0. The molecule has 0 N–H and O–H groups in total. The summed E-state index contributed by atoms with van der Waals surface area (Å²) in [5.41, 5.74) is 3.95. The first-order valence-electron chi connectivity index (χ1n) is 4.05. The summed E-state index contributed by atoms with van der Waals surface area (Å²) in [5, 5.41) is 11.2. The Morgan fingerprint density at radius 1 is 1.38 bits per heavy atom. The van der Waals surface area contributed by atoms with E-state index in [1.165, 1.54) is 0 Å². The molecule has 0 atom stereocenters. The van der Waals surface area contributed by atoms with Crippen LogP contribution in [0.3, 0.4) is 0 Å². The maximum atomic E-state index is 11.2. The SMILES string of the molecule is C#CC1=C(C([O-])=C=C)CCCC1.[Li+]. The molecule has 0 bridgehead atoms. The van der Waals surface area contributed by atoms with Gasteiger partial charge in [0.1, 0.15) is 0 Å². The van der Waals surface area contributed by atoms with Crippen LogP contribution in [-0.4, -0.2) is 0 Å². The maximum Gasteiger partial charge on any atom is 1.00 e. The Hall–Kier alpha value is -0.783. The fourth-order valence-corrected chi connectivity index (χ4v) is 1.42. The van der Waals surface area contributed by atoms with Gasteiger partial charge in [-0.25, -0.2) is 0 Å². The molecule has 1 aliphatic carbocycles. The third-order valence-corrected chi connectivity index (χ3v) is 2.08. The zero-order chi connectivity index (χ0) is 8.97. The van der Waals surface area contributed by atoms with Crippen LogP contribution in [0.1, 0.15) is 25.7 Å². The Bertz CT molecular complexity index is 301. The van der Waals surface area contributed by atoms with Gasteiger partial charge < -0.3 is 5.11 Å². The molecule has 0 aromatic carbocycles. The van der Waals surface area contributed by atoms with Crippen LogP contribution in [0.4, 0.5) is 0 Å². The maximum absolute atomic E-state index is 11.2. The van der Waals surface area contributed by atoms with Crippen molar-refractivity contribution in [2.45, 2.75) is 25.7 Å². The number of hydrogen-bond acceptors (Lipinski definition) is 1. The average Bonchev–Trinajstić information content (AvgIpc) is 2.16. The average molecular weight is 166 g/mol. The Morgan fingerprint density at radius 3 is 2.54 bits per heavy atom. The molecule has 0 amide bonds. The van der Waals surface area contributed by atoms with Crippen LogP contribution in [0.15, 0.2) is 29.2 Å². The van der Waals surface area contributed by atoms with Crippen molar-refractivity contribution in [2.24, 2.45) is 0 Å². The topological polar surface area (TPSA) is 23.1 Å². The summed E-state index contributed by atoms with van der Waals surface area (Å²) in [6.07, 6.45) is 9.07. The van der Waals surface area contributed by atoms with E-state index in [1.54, 1.807) is 0 Å². The van der Waals surface area contributed by atoms with Gasteiger partial charge in [-0.15, -0.1) is 12.2 Å². The third-order valence-electron chi connectivity index (χ3n) is 2.08. The van der Waals surface area contributed by atoms with Crippen LogP contribution < -0.4 is 24.0 Å². The van der Waals surface area contributed by atoms with Crippen molar-refractivity contribution in [3.63, 3.8) is 0 Å². The number of allylic oxidation sites excluding steroid dienone is 2. The zero-order valence-electron chi connectivity index (χ0n) is 8.02. The fraction of sp³-hybridized carbons (Fsp3) is 0.364. The van der Waals surface area contributed by atoms with Crippen molar-refractivity contribution in [3.8, 4) is 12.3 Å². The van der Waals surface area contributed by atoms with E-state index in [2.05, 4.69) is 18.2 Å². The molecule has 13 heavy (non-hydrogen) atoms. The van der Waals surface area contributed by atoms with Gasteiger partial charge in [0.2, 0.25) is 0 Å². The van der Waals surface area contributed by atoms with Crippen molar-refractivity contribution in [1.29, 1.82) is 0 Å². The quantitative estimate of drug-likeness (QED) is 0.202. The van der Waals surface area contributed by atoms with Crippen LogP contribution in [0.25, 0.3) is 0 Å². The molecule has 62 valence electrons. The Morgan fingerprint density at radius 2 is 2.00 bits per heavy atom. The molecule has 0 unspecified atom stereocenters. The van der Waals surface area contributed by atoms with Gasteiger partial charge in [0.15, 0.2) is 0 Å². The second-order valence-corrected chi connectivity index (χ2v) is 2.81. The van der Waals surface area contributed by atoms with Gasteiger partial charge in [-0.05, 0) is 31.3 Å². The summed E-state index contributed by atoms with van der Waals surface area (Å²) < 4.78 is 0. The molecule has 0 aliphatic heterocycles. The fourth-order valence-electron chi connectivity index (χ4n) is 1.42. The predicted molar refractivity (Wildman–Crippen MR) is 47.0 cm³/mol. The van der Waals surface area contributed by atoms with E-state index in [4.69, 9.17) is 6.42 Å². The summed E-state index contributed by atoms with van der Waals surface area (Å²) in [6.45, 7) is 3.33. The number of hydrogen-bond donors (Lipinski definition) is 0. The smallest absolute Gasteiger partial charge is 0.866 e. The van der Waals surface area contributed by atoms with Gasteiger partial charge in [0, 0.05) is 5.57 Å². The molecule has 0 heterocycles. The normalized spacial score (nSPS) is 15.3. The first-order chi connectivity index (χ1) is 5.79. The van der Waals surface area contributed by atoms with Gasteiger partial charge >= 0.3 is 18.9 Å². The number of rotatable bonds is 1. The van der Waals surface area contributed by atoms with E-state index in [0.29, 0.717) is 0 Å². The Labute approximate surface area is 91.4 Å². The van der Waals surface area contributed by atoms with Crippen molar-refractivity contribution in [1.82, 2.24) is 0 Å². The van der Waals surface area contributed by atoms with Crippen molar-refractivity contribution in [3.05, 3.63) is 29.2 Å². The first-order valence-corrected chi connectivity index (χ1v) is 4.05. The second kappa shape index (κ2) is 5.79. The summed E-state index contributed by atoms with van der Waals surface area (Å²) in [7, 11) is 0. The minimum Gasteiger partial charge on any atom is -0.866 e. The largest absolute Gasteiger partial charge is 1.00 e. The van der Waals surface area contributed by atoms with E-state index < -0.39 is 0 Å². The molecule has 0 radical (unpaired) electrons. The van der Waals surface area contributed by atoms with Crippen LogP contribution in [0, 0.1) is 12.3 Å².